The van der Waals surface area contributed by atoms with E-state index in [9.17, 15) is 0 Å². The summed E-state index contributed by atoms with van der Waals surface area (Å²) in [6, 6.07) is 35.7. The van der Waals surface area contributed by atoms with E-state index in [1.54, 1.807) is 0 Å². The van der Waals surface area contributed by atoms with Gasteiger partial charge < -0.3 is 0 Å². The van der Waals surface area contributed by atoms with Crippen molar-refractivity contribution in [1.82, 2.24) is 0 Å². The Morgan fingerprint density at radius 3 is 2.14 bits per heavy atom. The molecule has 0 bridgehead atoms. The minimum Gasteiger partial charge on any atom is -0.0622 e. The van der Waals surface area contributed by atoms with Crippen molar-refractivity contribution in [2.75, 3.05) is 0 Å². The van der Waals surface area contributed by atoms with E-state index in [0.717, 1.165) is 0 Å². The Morgan fingerprint density at radius 2 is 1.28 bits per heavy atom. The number of rotatable bonds is 1. The molecular weight excluding hydrogens is 348 g/mol. The monoisotopic (exact) mass is 370 g/mol. The van der Waals surface area contributed by atoms with Crippen LogP contribution >= 0.6 is 0 Å². The van der Waals surface area contributed by atoms with E-state index in [2.05, 4.69) is 111 Å². The predicted octanol–water partition coefficient (Wildman–Crippen LogP) is 7.97. The maximum atomic E-state index is 2.45. The molecule has 0 N–H and O–H groups in total. The van der Waals surface area contributed by atoms with Crippen molar-refractivity contribution in [2.24, 2.45) is 0 Å². The third-order valence-corrected chi connectivity index (χ3v) is 6.65. The molecule has 138 valence electrons. The van der Waals surface area contributed by atoms with Gasteiger partial charge in [-0.1, -0.05) is 98.8 Å². The largest absolute Gasteiger partial charge is 0.0622 e. The minimum atomic E-state index is -0.0133. The quantitative estimate of drug-likeness (QED) is 0.262. The lowest BCUT2D eigenvalue weighted by Crippen LogP contribution is -2.14. The first-order chi connectivity index (χ1) is 14.1. The molecule has 0 atom stereocenters. The second-order valence-corrected chi connectivity index (χ2v) is 8.62. The van der Waals surface area contributed by atoms with Crippen molar-refractivity contribution < 1.29 is 0 Å². The molecule has 1 aliphatic carbocycles. The number of benzene rings is 5. The molecule has 0 heterocycles. The van der Waals surface area contributed by atoms with Crippen molar-refractivity contribution >= 4 is 21.5 Å². The third kappa shape index (κ3) is 2.26. The highest BCUT2D eigenvalue weighted by molar-refractivity contribution is 6.10. The molecule has 0 radical (unpaired) electrons. The summed E-state index contributed by atoms with van der Waals surface area (Å²) in [6.45, 7) is 4.73. The van der Waals surface area contributed by atoms with Crippen LogP contribution in [-0.2, 0) is 5.41 Å². The minimum absolute atomic E-state index is 0.0133. The molecule has 29 heavy (non-hydrogen) atoms. The summed E-state index contributed by atoms with van der Waals surface area (Å²) >= 11 is 0. The molecule has 0 saturated carbocycles. The standard InChI is InChI=1S/C29H22/c1-29(2)26-14-8-13-23(19-9-4-3-5-10-19)28(26)25-17-21-16-15-20-11-6-7-12-22(20)24(21)18-27(25)29/h3-18H,1-2H3. The van der Waals surface area contributed by atoms with Crippen molar-refractivity contribution in [3.63, 3.8) is 0 Å². The lowest BCUT2D eigenvalue weighted by Gasteiger charge is -2.22. The lowest BCUT2D eigenvalue weighted by atomic mass is 9.81. The first kappa shape index (κ1) is 16.6. The van der Waals surface area contributed by atoms with Crippen LogP contribution in [0.1, 0.15) is 25.0 Å². The van der Waals surface area contributed by atoms with Gasteiger partial charge in [-0.3, -0.25) is 0 Å². The molecule has 0 aliphatic heterocycles. The van der Waals surface area contributed by atoms with Gasteiger partial charge in [-0.05, 0) is 67.1 Å². The van der Waals surface area contributed by atoms with Crippen LogP contribution in [0.4, 0.5) is 0 Å². The molecule has 0 fully saturated rings. The summed E-state index contributed by atoms with van der Waals surface area (Å²) in [5, 5.41) is 5.30. The normalized spacial score (nSPS) is 14.1. The van der Waals surface area contributed by atoms with Crippen molar-refractivity contribution in [1.29, 1.82) is 0 Å². The fourth-order valence-electron chi connectivity index (χ4n) is 5.15. The predicted molar refractivity (Wildman–Crippen MR) is 124 cm³/mol. The Bertz CT molecular complexity index is 1400. The average Bonchev–Trinajstić information content (AvgIpc) is 3.00. The molecule has 5 aromatic carbocycles. The Balaban J connectivity index is 1.72. The van der Waals surface area contributed by atoms with Crippen LogP contribution in [0.3, 0.4) is 0 Å². The molecule has 0 spiro atoms. The highest BCUT2D eigenvalue weighted by Gasteiger charge is 2.37. The molecule has 0 saturated heterocycles. The van der Waals surface area contributed by atoms with Crippen LogP contribution in [0.2, 0.25) is 0 Å². The number of hydrogen-bond donors (Lipinski definition) is 0. The van der Waals surface area contributed by atoms with E-state index in [0.29, 0.717) is 0 Å². The van der Waals surface area contributed by atoms with Crippen LogP contribution in [0.5, 0.6) is 0 Å². The summed E-state index contributed by atoms with van der Waals surface area (Å²) in [4.78, 5) is 0. The van der Waals surface area contributed by atoms with Crippen molar-refractivity contribution in [3.05, 3.63) is 108 Å². The molecule has 0 nitrogen and oxygen atoms in total. The van der Waals surface area contributed by atoms with Crippen LogP contribution < -0.4 is 0 Å². The topological polar surface area (TPSA) is 0 Å². The summed E-state index contributed by atoms with van der Waals surface area (Å²) in [5.41, 5.74) is 8.23. The van der Waals surface area contributed by atoms with Gasteiger partial charge in [0.05, 0.1) is 0 Å². The highest BCUT2D eigenvalue weighted by atomic mass is 14.4. The van der Waals surface area contributed by atoms with Crippen molar-refractivity contribution in [2.45, 2.75) is 19.3 Å². The fraction of sp³-hybridized carbons (Fsp3) is 0.103. The van der Waals surface area contributed by atoms with Gasteiger partial charge in [-0.2, -0.15) is 0 Å². The van der Waals surface area contributed by atoms with Crippen LogP contribution in [-0.4, -0.2) is 0 Å². The third-order valence-electron chi connectivity index (χ3n) is 6.65. The maximum absolute atomic E-state index is 2.45. The second-order valence-electron chi connectivity index (χ2n) is 8.62. The molecule has 0 aromatic heterocycles. The second kappa shape index (κ2) is 5.81. The zero-order chi connectivity index (χ0) is 19.6. The molecule has 0 amide bonds. The molecule has 0 unspecified atom stereocenters. The summed E-state index contributed by atoms with van der Waals surface area (Å²) in [7, 11) is 0. The molecule has 0 heteroatoms. The van der Waals surface area contributed by atoms with Gasteiger partial charge in [-0.15, -0.1) is 0 Å². The molecular formula is C29H22. The smallest absolute Gasteiger partial charge is 0.0159 e. The first-order valence-corrected chi connectivity index (χ1v) is 10.3. The number of fused-ring (bicyclic) bond motifs is 6. The Morgan fingerprint density at radius 1 is 0.517 bits per heavy atom. The van der Waals surface area contributed by atoms with E-state index in [1.165, 1.54) is 54.9 Å². The summed E-state index contributed by atoms with van der Waals surface area (Å²) < 4.78 is 0. The van der Waals surface area contributed by atoms with Gasteiger partial charge in [0.25, 0.3) is 0 Å². The van der Waals surface area contributed by atoms with Gasteiger partial charge in [0.2, 0.25) is 0 Å². The van der Waals surface area contributed by atoms with Gasteiger partial charge in [0, 0.05) is 5.41 Å². The van der Waals surface area contributed by atoms with Crippen molar-refractivity contribution in [3.8, 4) is 22.3 Å². The van der Waals surface area contributed by atoms with Crippen LogP contribution in [0.25, 0.3) is 43.8 Å². The van der Waals surface area contributed by atoms with Gasteiger partial charge >= 0.3 is 0 Å². The van der Waals surface area contributed by atoms with Gasteiger partial charge in [0.15, 0.2) is 0 Å². The zero-order valence-corrected chi connectivity index (χ0v) is 16.7. The Hall–Kier alpha value is -3.38. The summed E-state index contributed by atoms with van der Waals surface area (Å²) in [6.07, 6.45) is 0. The van der Waals surface area contributed by atoms with E-state index in [-0.39, 0.29) is 5.41 Å². The van der Waals surface area contributed by atoms with Crippen LogP contribution in [0, 0.1) is 0 Å². The Kier molecular flexibility index (Phi) is 3.32. The molecule has 1 aliphatic rings. The lowest BCUT2D eigenvalue weighted by molar-refractivity contribution is 0.661. The van der Waals surface area contributed by atoms with E-state index in [1.807, 2.05) is 0 Å². The zero-order valence-electron chi connectivity index (χ0n) is 16.7. The molecule has 6 rings (SSSR count). The fourth-order valence-corrected chi connectivity index (χ4v) is 5.15. The van der Waals surface area contributed by atoms with Gasteiger partial charge in [-0.25, -0.2) is 0 Å². The maximum Gasteiger partial charge on any atom is 0.0159 e. The van der Waals surface area contributed by atoms with E-state index in [4.69, 9.17) is 0 Å². The van der Waals surface area contributed by atoms with Gasteiger partial charge in [0.1, 0.15) is 0 Å². The Labute approximate surface area is 171 Å². The van der Waals surface area contributed by atoms with Crippen LogP contribution in [0.15, 0.2) is 97.1 Å². The summed E-state index contributed by atoms with van der Waals surface area (Å²) in [5.74, 6) is 0. The first-order valence-electron chi connectivity index (χ1n) is 10.3. The average molecular weight is 370 g/mol. The highest BCUT2D eigenvalue weighted by Crippen LogP contribution is 2.53. The SMILES string of the molecule is CC1(C)c2cc3c(ccc4ccccc43)cc2-c2c(-c3ccccc3)cccc21. The van der Waals surface area contributed by atoms with E-state index < -0.39 is 0 Å². The van der Waals surface area contributed by atoms with E-state index >= 15 is 0 Å². The number of hydrogen-bond acceptors (Lipinski definition) is 0. The molecule has 5 aromatic rings.